The van der Waals surface area contributed by atoms with Crippen LogP contribution in [0.2, 0.25) is 0 Å². The second kappa shape index (κ2) is 7.77. The van der Waals surface area contributed by atoms with Crippen molar-refractivity contribution in [3.05, 3.63) is 59.4 Å². The van der Waals surface area contributed by atoms with Crippen LogP contribution in [0.4, 0.5) is 5.69 Å². The van der Waals surface area contributed by atoms with E-state index in [1.165, 1.54) is 0 Å². The van der Waals surface area contributed by atoms with Crippen molar-refractivity contribution >= 4 is 23.9 Å². The van der Waals surface area contributed by atoms with Gasteiger partial charge in [-0.3, -0.25) is 14.4 Å². The van der Waals surface area contributed by atoms with E-state index in [1.54, 1.807) is 34.1 Å². The molecule has 3 amide bonds. The highest BCUT2D eigenvalue weighted by molar-refractivity contribution is 6.03. The van der Waals surface area contributed by atoms with Gasteiger partial charge < -0.3 is 15.1 Å². The van der Waals surface area contributed by atoms with E-state index in [0.717, 1.165) is 12.0 Å². The minimum atomic E-state index is -0.365. The molecule has 0 spiro atoms. The van der Waals surface area contributed by atoms with E-state index in [4.69, 9.17) is 0 Å². The molecule has 0 saturated carbocycles. The van der Waals surface area contributed by atoms with Gasteiger partial charge in [-0.1, -0.05) is 18.2 Å². The van der Waals surface area contributed by atoms with Crippen molar-refractivity contribution in [2.45, 2.75) is 6.92 Å². The van der Waals surface area contributed by atoms with Gasteiger partial charge in [0, 0.05) is 31.9 Å². The third-order valence-corrected chi connectivity index (χ3v) is 4.23. The number of piperazine rings is 1. The third-order valence-electron chi connectivity index (χ3n) is 4.23. The van der Waals surface area contributed by atoms with E-state index >= 15 is 0 Å². The molecule has 1 fully saturated rings. The summed E-state index contributed by atoms with van der Waals surface area (Å²) in [7, 11) is 0. The maximum atomic E-state index is 12.6. The molecule has 3 rings (SSSR count). The lowest BCUT2D eigenvalue weighted by molar-refractivity contribution is -0.119. The van der Waals surface area contributed by atoms with Crippen LogP contribution in [0.25, 0.3) is 0 Å². The molecule has 134 valence electrons. The molecule has 7 nitrogen and oxygen atoms in total. The fourth-order valence-electron chi connectivity index (χ4n) is 2.79. The van der Waals surface area contributed by atoms with Crippen LogP contribution in [0.3, 0.4) is 0 Å². The summed E-state index contributed by atoms with van der Waals surface area (Å²) in [6.45, 7) is 3.86. The first-order valence-corrected chi connectivity index (χ1v) is 8.40. The SMILES string of the molecule is Cc1cccc(NC(=O)c2cccc(C(=O)N3CCN(C=O)CC3)n2)c1. The lowest BCUT2D eigenvalue weighted by Gasteiger charge is -2.32. The van der Waals surface area contributed by atoms with Crippen molar-refractivity contribution in [3.8, 4) is 0 Å². The average Bonchev–Trinajstić information content (AvgIpc) is 2.67. The van der Waals surface area contributed by atoms with Gasteiger partial charge in [-0.05, 0) is 36.8 Å². The van der Waals surface area contributed by atoms with E-state index in [0.29, 0.717) is 31.9 Å². The number of carbonyl (C=O) groups excluding carboxylic acids is 3. The molecule has 2 aromatic rings. The van der Waals surface area contributed by atoms with Gasteiger partial charge in [0.05, 0.1) is 0 Å². The number of hydrogen-bond acceptors (Lipinski definition) is 4. The summed E-state index contributed by atoms with van der Waals surface area (Å²) >= 11 is 0. The van der Waals surface area contributed by atoms with Crippen LogP contribution < -0.4 is 5.32 Å². The number of aromatic nitrogens is 1. The smallest absolute Gasteiger partial charge is 0.274 e. The highest BCUT2D eigenvalue weighted by Gasteiger charge is 2.23. The van der Waals surface area contributed by atoms with Crippen LogP contribution >= 0.6 is 0 Å². The number of rotatable bonds is 4. The molecule has 0 aliphatic carbocycles. The number of amides is 3. The number of pyridine rings is 1. The van der Waals surface area contributed by atoms with Crippen molar-refractivity contribution in [1.29, 1.82) is 0 Å². The molecule has 0 atom stereocenters. The molecule has 7 heteroatoms. The Morgan fingerprint density at radius 3 is 2.42 bits per heavy atom. The van der Waals surface area contributed by atoms with E-state index < -0.39 is 0 Å². The van der Waals surface area contributed by atoms with E-state index in [9.17, 15) is 14.4 Å². The number of anilines is 1. The second-order valence-electron chi connectivity index (χ2n) is 6.17. The van der Waals surface area contributed by atoms with Crippen molar-refractivity contribution in [1.82, 2.24) is 14.8 Å². The van der Waals surface area contributed by atoms with E-state index in [-0.39, 0.29) is 23.2 Å². The zero-order chi connectivity index (χ0) is 18.5. The van der Waals surface area contributed by atoms with Crippen molar-refractivity contribution in [2.24, 2.45) is 0 Å². The second-order valence-corrected chi connectivity index (χ2v) is 6.17. The monoisotopic (exact) mass is 352 g/mol. The van der Waals surface area contributed by atoms with Crippen LogP contribution in [0, 0.1) is 6.92 Å². The minimum absolute atomic E-state index is 0.184. The summed E-state index contributed by atoms with van der Waals surface area (Å²) in [5.41, 5.74) is 2.12. The Morgan fingerprint density at radius 2 is 1.73 bits per heavy atom. The Kier molecular flexibility index (Phi) is 5.26. The molecule has 26 heavy (non-hydrogen) atoms. The van der Waals surface area contributed by atoms with Gasteiger partial charge in [-0.15, -0.1) is 0 Å². The van der Waals surface area contributed by atoms with Crippen LogP contribution in [0.1, 0.15) is 26.5 Å². The molecule has 2 heterocycles. The molecule has 0 unspecified atom stereocenters. The molecule has 1 N–H and O–H groups in total. The van der Waals surface area contributed by atoms with Crippen molar-refractivity contribution in [3.63, 3.8) is 0 Å². The highest BCUT2D eigenvalue weighted by atomic mass is 16.2. The van der Waals surface area contributed by atoms with Gasteiger partial charge in [0.2, 0.25) is 6.41 Å². The van der Waals surface area contributed by atoms with Gasteiger partial charge >= 0.3 is 0 Å². The summed E-state index contributed by atoms with van der Waals surface area (Å²) in [6, 6.07) is 12.3. The third kappa shape index (κ3) is 4.05. The van der Waals surface area contributed by atoms with Gasteiger partial charge in [-0.2, -0.15) is 0 Å². The fourth-order valence-corrected chi connectivity index (χ4v) is 2.79. The Hall–Kier alpha value is -3.22. The number of benzene rings is 1. The first-order chi connectivity index (χ1) is 12.6. The molecular formula is C19H20N4O3. The highest BCUT2D eigenvalue weighted by Crippen LogP contribution is 2.12. The average molecular weight is 352 g/mol. The molecule has 1 saturated heterocycles. The van der Waals surface area contributed by atoms with Gasteiger partial charge in [0.1, 0.15) is 11.4 Å². The summed E-state index contributed by atoms with van der Waals surface area (Å²) in [5.74, 6) is -0.600. The standard InChI is InChI=1S/C19H20N4O3/c1-14-4-2-5-15(12-14)20-18(25)16-6-3-7-17(21-16)19(26)23-10-8-22(13-24)9-11-23/h2-7,12-13H,8-11H2,1H3,(H,20,25). The van der Waals surface area contributed by atoms with Crippen LogP contribution in [0.5, 0.6) is 0 Å². The Morgan fingerprint density at radius 1 is 1.04 bits per heavy atom. The normalized spacial score (nSPS) is 14.0. The predicted octanol–water partition coefficient (Wildman–Crippen LogP) is 1.56. The summed E-state index contributed by atoms with van der Waals surface area (Å²) in [5, 5.41) is 2.79. The summed E-state index contributed by atoms with van der Waals surface area (Å²) < 4.78 is 0. The quantitative estimate of drug-likeness (QED) is 0.847. The molecule has 1 aromatic heterocycles. The molecule has 1 aliphatic heterocycles. The number of nitrogens with one attached hydrogen (secondary N) is 1. The predicted molar refractivity (Wildman–Crippen MR) is 96.9 cm³/mol. The number of nitrogens with zero attached hydrogens (tertiary/aromatic N) is 3. The van der Waals surface area contributed by atoms with Gasteiger partial charge in [-0.25, -0.2) is 4.98 Å². The first kappa shape index (κ1) is 17.6. The van der Waals surface area contributed by atoms with E-state index in [2.05, 4.69) is 10.3 Å². The van der Waals surface area contributed by atoms with Crippen LogP contribution in [-0.4, -0.2) is 59.2 Å². The van der Waals surface area contributed by atoms with Crippen molar-refractivity contribution in [2.75, 3.05) is 31.5 Å². The molecule has 0 bridgehead atoms. The zero-order valence-electron chi connectivity index (χ0n) is 14.5. The topological polar surface area (TPSA) is 82.6 Å². The summed E-state index contributed by atoms with van der Waals surface area (Å²) in [4.78, 5) is 43.3. The Balaban J connectivity index is 1.70. The van der Waals surface area contributed by atoms with Crippen LogP contribution in [0.15, 0.2) is 42.5 Å². The first-order valence-electron chi connectivity index (χ1n) is 8.40. The Labute approximate surface area is 151 Å². The number of aryl methyl sites for hydroxylation is 1. The maximum Gasteiger partial charge on any atom is 0.274 e. The van der Waals surface area contributed by atoms with Crippen LogP contribution in [-0.2, 0) is 4.79 Å². The summed E-state index contributed by atoms with van der Waals surface area (Å²) in [6.07, 6.45) is 0.788. The molecule has 1 aromatic carbocycles. The van der Waals surface area contributed by atoms with E-state index in [1.807, 2.05) is 25.1 Å². The maximum absolute atomic E-state index is 12.6. The molecule has 0 radical (unpaired) electrons. The Bertz CT molecular complexity index is 829. The number of carbonyl (C=O) groups is 3. The largest absolute Gasteiger partial charge is 0.342 e. The van der Waals surface area contributed by atoms with Gasteiger partial charge in [0.15, 0.2) is 0 Å². The van der Waals surface area contributed by atoms with Gasteiger partial charge in [0.25, 0.3) is 11.8 Å². The molecular weight excluding hydrogens is 332 g/mol. The fraction of sp³-hybridized carbons (Fsp3) is 0.263. The minimum Gasteiger partial charge on any atom is -0.342 e. The molecule has 1 aliphatic rings. The lowest BCUT2D eigenvalue weighted by Crippen LogP contribution is -2.48. The lowest BCUT2D eigenvalue weighted by atomic mass is 10.2. The zero-order valence-corrected chi connectivity index (χ0v) is 14.5. The number of hydrogen-bond donors (Lipinski definition) is 1. The van der Waals surface area contributed by atoms with Crippen molar-refractivity contribution < 1.29 is 14.4 Å².